The van der Waals surface area contributed by atoms with Gasteiger partial charge in [-0.1, -0.05) is 6.07 Å². The number of ether oxygens (including phenoxy) is 2. The first kappa shape index (κ1) is 31.7. The highest BCUT2D eigenvalue weighted by Gasteiger charge is 2.35. The van der Waals surface area contributed by atoms with Crippen molar-refractivity contribution in [2.45, 2.75) is 91.5 Å². The standard InChI is InChI=1S/C28H42N4O7/c1-8-38-25(35)13-18(4)31-16-24(34)32(17(2)3)22-11-9-19(14-20(22)26(31)36)10-12-23(33)30-15-21(29)27(37)39-28(5,6)7/h9,11,14,17-18,21H,8,10,12-13,15-16,29H2,1-7H3,(H,30,33). The van der Waals surface area contributed by atoms with Crippen LogP contribution >= 0.6 is 0 Å². The summed E-state index contributed by atoms with van der Waals surface area (Å²) in [6, 6.07) is 3.46. The van der Waals surface area contributed by atoms with Crippen LogP contribution in [0.1, 0.15) is 77.2 Å². The van der Waals surface area contributed by atoms with Gasteiger partial charge in [-0.3, -0.25) is 24.0 Å². The van der Waals surface area contributed by atoms with E-state index in [0.717, 1.165) is 5.56 Å². The molecule has 0 aromatic heterocycles. The van der Waals surface area contributed by atoms with E-state index in [4.69, 9.17) is 15.2 Å². The Morgan fingerprint density at radius 1 is 1.13 bits per heavy atom. The van der Waals surface area contributed by atoms with Gasteiger partial charge in [0.15, 0.2) is 0 Å². The molecule has 0 spiro atoms. The highest BCUT2D eigenvalue weighted by molar-refractivity contribution is 6.10. The molecule has 3 N–H and O–H groups in total. The number of nitrogens with one attached hydrogen (secondary N) is 1. The summed E-state index contributed by atoms with van der Waals surface area (Å²) < 4.78 is 10.2. The zero-order chi connectivity index (χ0) is 29.5. The Morgan fingerprint density at radius 2 is 1.79 bits per heavy atom. The van der Waals surface area contributed by atoms with Crippen LogP contribution in [0.4, 0.5) is 5.69 Å². The van der Waals surface area contributed by atoms with Crippen LogP contribution in [0.15, 0.2) is 18.2 Å². The molecule has 2 rings (SSSR count). The van der Waals surface area contributed by atoms with Gasteiger partial charge in [-0.05, 0) is 72.6 Å². The molecule has 2 unspecified atom stereocenters. The minimum Gasteiger partial charge on any atom is -0.466 e. The topological polar surface area (TPSA) is 148 Å². The number of rotatable bonds is 11. The molecule has 2 atom stereocenters. The second-order valence-corrected chi connectivity index (χ2v) is 10.9. The van der Waals surface area contributed by atoms with Crippen molar-refractivity contribution in [1.29, 1.82) is 0 Å². The quantitative estimate of drug-likeness (QED) is 0.400. The van der Waals surface area contributed by atoms with E-state index in [1.165, 1.54) is 4.90 Å². The molecule has 11 nitrogen and oxygen atoms in total. The van der Waals surface area contributed by atoms with Crippen LogP contribution in [0.2, 0.25) is 0 Å². The molecular weight excluding hydrogens is 504 g/mol. The molecule has 0 fully saturated rings. The molecule has 0 bridgehead atoms. The average molecular weight is 547 g/mol. The number of hydrogen-bond acceptors (Lipinski definition) is 8. The van der Waals surface area contributed by atoms with Gasteiger partial charge < -0.3 is 30.3 Å². The lowest BCUT2D eigenvalue weighted by Gasteiger charge is -2.28. The number of nitrogens with zero attached hydrogens (tertiary/aromatic N) is 2. The van der Waals surface area contributed by atoms with E-state index in [9.17, 15) is 24.0 Å². The van der Waals surface area contributed by atoms with Crippen LogP contribution in [-0.4, -0.2) is 78.0 Å². The minimum absolute atomic E-state index is 0.0326. The summed E-state index contributed by atoms with van der Waals surface area (Å²) in [6.45, 7) is 12.4. The first-order valence-electron chi connectivity index (χ1n) is 13.3. The number of carbonyl (C=O) groups excluding carboxylic acids is 5. The summed E-state index contributed by atoms with van der Waals surface area (Å²) >= 11 is 0. The smallest absolute Gasteiger partial charge is 0.325 e. The maximum absolute atomic E-state index is 13.6. The van der Waals surface area contributed by atoms with Gasteiger partial charge in [0.2, 0.25) is 11.8 Å². The fraction of sp³-hybridized carbons (Fsp3) is 0.607. The van der Waals surface area contributed by atoms with Crippen LogP contribution in [0.5, 0.6) is 0 Å². The number of hydrogen-bond donors (Lipinski definition) is 2. The molecule has 0 saturated carbocycles. The zero-order valence-electron chi connectivity index (χ0n) is 24.0. The van der Waals surface area contributed by atoms with Gasteiger partial charge in [0.1, 0.15) is 18.2 Å². The molecule has 0 radical (unpaired) electrons. The normalized spacial score (nSPS) is 15.4. The second kappa shape index (κ2) is 13.5. The van der Waals surface area contributed by atoms with Crippen molar-refractivity contribution in [3.05, 3.63) is 29.3 Å². The molecule has 0 saturated heterocycles. The molecule has 1 aromatic carbocycles. The second-order valence-electron chi connectivity index (χ2n) is 10.9. The molecular formula is C28H42N4O7. The number of nitrogens with two attached hydrogens (primary N) is 1. The first-order chi connectivity index (χ1) is 18.1. The maximum atomic E-state index is 13.6. The molecule has 1 aliphatic rings. The van der Waals surface area contributed by atoms with Gasteiger partial charge in [0, 0.05) is 25.0 Å². The van der Waals surface area contributed by atoms with Crippen molar-refractivity contribution in [3.8, 4) is 0 Å². The third-order valence-corrected chi connectivity index (χ3v) is 6.07. The lowest BCUT2D eigenvalue weighted by molar-refractivity contribution is -0.156. The Bertz CT molecular complexity index is 1080. The summed E-state index contributed by atoms with van der Waals surface area (Å²) in [4.78, 5) is 66.3. The van der Waals surface area contributed by atoms with Gasteiger partial charge in [-0.15, -0.1) is 0 Å². The van der Waals surface area contributed by atoms with Crippen LogP contribution in [0, 0.1) is 0 Å². The van der Waals surface area contributed by atoms with Crippen molar-refractivity contribution in [2.24, 2.45) is 5.73 Å². The Hall–Kier alpha value is -3.47. The molecule has 216 valence electrons. The fourth-order valence-electron chi connectivity index (χ4n) is 4.23. The van der Waals surface area contributed by atoms with Crippen LogP contribution in [0.3, 0.4) is 0 Å². The number of amides is 3. The van der Waals surface area contributed by atoms with E-state index in [0.29, 0.717) is 17.7 Å². The highest BCUT2D eigenvalue weighted by Crippen LogP contribution is 2.30. The first-order valence-corrected chi connectivity index (χ1v) is 13.3. The van der Waals surface area contributed by atoms with E-state index in [2.05, 4.69) is 5.32 Å². The SMILES string of the molecule is CCOC(=O)CC(C)N1CC(=O)N(C(C)C)c2ccc(CCC(=O)NCC(N)C(=O)OC(C)(C)C)cc2C1=O. The predicted molar refractivity (Wildman–Crippen MR) is 146 cm³/mol. The molecule has 1 aliphatic heterocycles. The average Bonchev–Trinajstić information content (AvgIpc) is 2.93. The number of aryl methyl sites for hydroxylation is 1. The van der Waals surface area contributed by atoms with Crippen LogP contribution in [-0.2, 0) is 35.1 Å². The van der Waals surface area contributed by atoms with E-state index in [1.54, 1.807) is 57.7 Å². The van der Waals surface area contributed by atoms with E-state index >= 15 is 0 Å². The Morgan fingerprint density at radius 3 is 2.38 bits per heavy atom. The molecule has 39 heavy (non-hydrogen) atoms. The van der Waals surface area contributed by atoms with Crippen LogP contribution < -0.4 is 16.0 Å². The van der Waals surface area contributed by atoms with Crippen molar-refractivity contribution >= 4 is 35.3 Å². The van der Waals surface area contributed by atoms with E-state index in [1.807, 2.05) is 13.8 Å². The van der Waals surface area contributed by atoms with Crippen LogP contribution in [0.25, 0.3) is 0 Å². The van der Waals surface area contributed by atoms with Crippen molar-refractivity contribution in [1.82, 2.24) is 10.2 Å². The maximum Gasteiger partial charge on any atom is 0.325 e. The molecule has 1 aromatic rings. The van der Waals surface area contributed by atoms with Gasteiger partial charge in [0.05, 0.1) is 24.3 Å². The van der Waals surface area contributed by atoms with Crippen molar-refractivity contribution in [2.75, 3.05) is 24.6 Å². The molecule has 11 heteroatoms. The molecule has 1 heterocycles. The number of benzene rings is 1. The number of anilines is 1. The lowest BCUT2D eigenvalue weighted by atomic mass is 10.0. The van der Waals surface area contributed by atoms with Gasteiger partial charge in [-0.2, -0.15) is 0 Å². The number of esters is 2. The number of carbonyl (C=O) groups is 5. The summed E-state index contributed by atoms with van der Waals surface area (Å²) in [5, 5.41) is 2.64. The van der Waals surface area contributed by atoms with Gasteiger partial charge in [0.25, 0.3) is 5.91 Å². The zero-order valence-corrected chi connectivity index (χ0v) is 24.0. The predicted octanol–water partition coefficient (Wildman–Crippen LogP) is 1.94. The molecule has 0 aliphatic carbocycles. The van der Waals surface area contributed by atoms with Gasteiger partial charge >= 0.3 is 11.9 Å². The number of fused-ring (bicyclic) bond motifs is 1. The fourth-order valence-corrected chi connectivity index (χ4v) is 4.23. The minimum atomic E-state index is -0.986. The third kappa shape index (κ3) is 9.05. The molecule has 3 amide bonds. The third-order valence-electron chi connectivity index (χ3n) is 6.07. The Kier molecular flexibility index (Phi) is 11.0. The Balaban J connectivity index is 2.16. The lowest BCUT2D eigenvalue weighted by Crippen LogP contribution is -2.46. The Labute approximate surface area is 230 Å². The summed E-state index contributed by atoms with van der Waals surface area (Å²) in [5.41, 5.74) is 6.69. The largest absolute Gasteiger partial charge is 0.466 e. The summed E-state index contributed by atoms with van der Waals surface area (Å²) in [5.74, 6) is -1.97. The summed E-state index contributed by atoms with van der Waals surface area (Å²) in [7, 11) is 0. The van der Waals surface area contributed by atoms with E-state index < -0.39 is 29.6 Å². The highest BCUT2D eigenvalue weighted by atomic mass is 16.6. The van der Waals surface area contributed by atoms with Crippen molar-refractivity contribution in [3.63, 3.8) is 0 Å². The van der Waals surface area contributed by atoms with E-state index in [-0.39, 0.29) is 56.3 Å². The van der Waals surface area contributed by atoms with Gasteiger partial charge in [-0.25, -0.2) is 0 Å². The summed E-state index contributed by atoms with van der Waals surface area (Å²) in [6.07, 6.45) is 0.390. The monoisotopic (exact) mass is 546 g/mol. The van der Waals surface area contributed by atoms with Crippen molar-refractivity contribution < 1.29 is 33.4 Å².